The highest BCUT2D eigenvalue weighted by Gasteiger charge is 2.15. The van der Waals surface area contributed by atoms with Crippen molar-refractivity contribution < 1.29 is 14.6 Å². The summed E-state index contributed by atoms with van der Waals surface area (Å²) in [6, 6.07) is 9.48. The molecule has 0 unspecified atom stereocenters. The number of para-hydroxylation sites is 1. The van der Waals surface area contributed by atoms with Gasteiger partial charge in [-0.05, 0) is 30.3 Å². The van der Waals surface area contributed by atoms with Gasteiger partial charge in [0.05, 0.1) is 5.02 Å². The van der Waals surface area contributed by atoms with E-state index in [2.05, 4.69) is 0 Å². The van der Waals surface area contributed by atoms with E-state index in [1.54, 1.807) is 30.3 Å². The van der Waals surface area contributed by atoms with Crippen LogP contribution in [0.4, 0.5) is 0 Å². The van der Waals surface area contributed by atoms with Gasteiger partial charge in [-0.1, -0.05) is 40.9 Å². The largest absolute Gasteiger partial charge is 0.486 e. The summed E-state index contributed by atoms with van der Waals surface area (Å²) in [6.45, 7) is 0.0728. The van der Waals surface area contributed by atoms with Gasteiger partial charge in [-0.3, -0.25) is 0 Å². The van der Waals surface area contributed by atoms with E-state index in [1.807, 2.05) is 0 Å². The molecule has 2 aromatic rings. The first kappa shape index (κ1) is 15.0. The van der Waals surface area contributed by atoms with Gasteiger partial charge in [-0.2, -0.15) is 0 Å². The maximum absolute atomic E-state index is 11.1. The van der Waals surface area contributed by atoms with Crippen molar-refractivity contribution in [3.63, 3.8) is 0 Å². The molecule has 104 valence electrons. The number of aromatic carboxylic acids is 1. The molecule has 6 heteroatoms. The fourth-order valence-electron chi connectivity index (χ4n) is 1.63. The summed E-state index contributed by atoms with van der Waals surface area (Å²) in [5, 5.41) is 10.3. The van der Waals surface area contributed by atoms with Crippen molar-refractivity contribution in [1.82, 2.24) is 0 Å². The van der Waals surface area contributed by atoms with E-state index in [9.17, 15) is 4.79 Å². The summed E-state index contributed by atoms with van der Waals surface area (Å²) in [7, 11) is 0. The van der Waals surface area contributed by atoms with Gasteiger partial charge in [-0.25, -0.2) is 4.79 Å². The smallest absolute Gasteiger partial charge is 0.339 e. The molecule has 0 amide bonds. The maximum atomic E-state index is 11.1. The lowest BCUT2D eigenvalue weighted by atomic mass is 10.2. The van der Waals surface area contributed by atoms with Gasteiger partial charge in [0.2, 0.25) is 0 Å². The van der Waals surface area contributed by atoms with Gasteiger partial charge < -0.3 is 9.84 Å². The number of carbonyl (C=O) groups is 1. The Balaban J connectivity index is 2.27. The molecule has 20 heavy (non-hydrogen) atoms. The fraction of sp³-hybridized carbons (Fsp3) is 0.0714. The standard InChI is InChI=1S/C14H9Cl3O3/c15-9-4-5-11(16)8(6-9)7-20-13-10(14(18)19)2-1-3-12(13)17/h1-6H,7H2,(H,18,19). The van der Waals surface area contributed by atoms with E-state index >= 15 is 0 Å². The molecule has 0 saturated carbocycles. The van der Waals surface area contributed by atoms with Crippen LogP contribution in [-0.4, -0.2) is 11.1 Å². The number of hydrogen-bond acceptors (Lipinski definition) is 2. The van der Waals surface area contributed by atoms with Crippen LogP contribution in [0.2, 0.25) is 15.1 Å². The lowest BCUT2D eigenvalue weighted by Crippen LogP contribution is -2.04. The number of rotatable bonds is 4. The molecule has 2 rings (SSSR count). The normalized spacial score (nSPS) is 10.3. The summed E-state index contributed by atoms with van der Waals surface area (Å²) in [5.74, 6) is -1.00. The number of carboxylic acid groups (broad SMARTS) is 1. The topological polar surface area (TPSA) is 46.5 Å². The number of carboxylic acids is 1. The average molecular weight is 332 g/mol. The van der Waals surface area contributed by atoms with Crippen molar-refractivity contribution in [2.75, 3.05) is 0 Å². The number of halogens is 3. The molecule has 0 fully saturated rings. The Morgan fingerprint density at radius 1 is 1.10 bits per heavy atom. The lowest BCUT2D eigenvalue weighted by Gasteiger charge is -2.12. The van der Waals surface area contributed by atoms with E-state index in [-0.39, 0.29) is 22.9 Å². The molecule has 0 aliphatic rings. The molecule has 0 bridgehead atoms. The molecule has 0 saturated heterocycles. The van der Waals surface area contributed by atoms with Crippen molar-refractivity contribution in [1.29, 1.82) is 0 Å². The Labute approximate surface area is 130 Å². The Kier molecular flexibility index (Phi) is 4.76. The van der Waals surface area contributed by atoms with Crippen LogP contribution in [0, 0.1) is 0 Å². The van der Waals surface area contributed by atoms with Gasteiger partial charge >= 0.3 is 5.97 Å². The van der Waals surface area contributed by atoms with Crippen molar-refractivity contribution in [2.24, 2.45) is 0 Å². The molecule has 0 aliphatic heterocycles. The first-order chi connectivity index (χ1) is 9.49. The second kappa shape index (κ2) is 6.35. The minimum Gasteiger partial charge on any atom is -0.486 e. The van der Waals surface area contributed by atoms with Crippen LogP contribution >= 0.6 is 34.8 Å². The Hall–Kier alpha value is -1.42. The quantitative estimate of drug-likeness (QED) is 0.864. The van der Waals surface area contributed by atoms with E-state index < -0.39 is 5.97 Å². The molecule has 1 N–H and O–H groups in total. The zero-order valence-electron chi connectivity index (χ0n) is 10.1. The predicted molar refractivity (Wildman–Crippen MR) is 79.2 cm³/mol. The van der Waals surface area contributed by atoms with Crippen molar-refractivity contribution in [3.8, 4) is 5.75 Å². The first-order valence-electron chi connectivity index (χ1n) is 5.57. The summed E-state index contributed by atoms with van der Waals surface area (Å²) in [4.78, 5) is 11.1. The second-order valence-corrected chi connectivity index (χ2v) is 5.20. The third-order valence-electron chi connectivity index (χ3n) is 2.58. The van der Waals surface area contributed by atoms with Gasteiger partial charge in [0, 0.05) is 15.6 Å². The average Bonchev–Trinajstić information content (AvgIpc) is 2.40. The Morgan fingerprint density at radius 2 is 1.85 bits per heavy atom. The molecular weight excluding hydrogens is 323 g/mol. The van der Waals surface area contributed by atoms with Crippen LogP contribution in [0.15, 0.2) is 36.4 Å². The van der Waals surface area contributed by atoms with Gasteiger partial charge in [0.25, 0.3) is 0 Å². The molecule has 0 heterocycles. The minimum absolute atomic E-state index is 0.00403. The first-order valence-corrected chi connectivity index (χ1v) is 6.71. The van der Waals surface area contributed by atoms with Crippen LogP contribution in [0.3, 0.4) is 0 Å². The molecule has 0 aliphatic carbocycles. The van der Waals surface area contributed by atoms with E-state index in [0.29, 0.717) is 15.6 Å². The molecule has 0 radical (unpaired) electrons. The van der Waals surface area contributed by atoms with Gasteiger partial charge in [0.15, 0.2) is 5.75 Å². The van der Waals surface area contributed by atoms with Crippen LogP contribution in [0.5, 0.6) is 5.75 Å². The minimum atomic E-state index is -1.11. The molecule has 0 aromatic heterocycles. The maximum Gasteiger partial charge on any atom is 0.339 e. The highest BCUT2D eigenvalue weighted by atomic mass is 35.5. The van der Waals surface area contributed by atoms with E-state index in [4.69, 9.17) is 44.6 Å². The SMILES string of the molecule is O=C(O)c1cccc(Cl)c1OCc1cc(Cl)ccc1Cl. The Bertz CT molecular complexity index is 656. The molecule has 0 spiro atoms. The van der Waals surface area contributed by atoms with E-state index in [1.165, 1.54) is 6.07 Å². The summed E-state index contributed by atoms with van der Waals surface area (Å²) < 4.78 is 5.50. The number of benzene rings is 2. The molecule has 2 aromatic carbocycles. The highest BCUT2D eigenvalue weighted by Crippen LogP contribution is 2.30. The molecule has 0 atom stereocenters. The summed E-state index contributed by atoms with van der Waals surface area (Å²) in [5.41, 5.74) is 0.645. The summed E-state index contributed by atoms with van der Waals surface area (Å²) in [6.07, 6.45) is 0. The van der Waals surface area contributed by atoms with Crippen LogP contribution < -0.4 is 4.74 Å². The van der Waals surface area contributed by atoms with Crippen molar-refractivity contribution in [2.45, 2.75) is 6.61 Å². The van der Waals surface area contributed by atoms with Gasteiger partial charge in [-0.15, -0.1) is 0 Å². The van der Waals surface area contributed by atoms with Crippen LogP contribution in [0.25, 0.3) is 0 Å². The Morgan fingerprint density at radius 3 is 2.55 bits per heavy atom. The molecule has 3 nitrogen and oxygen atoms in total. The van der Waals surface area contributed by atoms with Crippen LogP contribution in [0.1, 0.15) is 15.9 Å². The predicted octanol–water partition coefficient (Wildman–Crippen LogP) is 4.92. The monoisotopic (exact) mass is 330 g/mol. The zero-order chi connectivity index (χ0) is 14.7. The van der Waals surface area contributed by atoms with E-state index in [0.717, 1.165) is 0 Å². The molecular formula is C14H9Cl3O3. The highest BCUT2D eigenvalue weighted by molar-refractivity contribution is 6.33. The third-order valence-corrected chi connectivity index (χ3v) is 3.48. The lowest BCUT2D eigenvalue weighted by molar-refractivity contribution is 0.0692. The third kappa shape index (κ3) is 3.37. The van der Waals surface area contributed by atoms with Crippen molar-refractivity contribution >= 4 is 40.8 Å². The van der Waals surface area contributed by atoms with Crippen molar-refractivity contribution in [3.05, 3.63) is 62.6 Å². The van der Waals surface area contributed by atoms with Crippen LogP contribution in [-0.2, 0) is 6.61 Å². The number of ether oxygens (including phenoxy) is 1. The fourth-order valence-corrected chi connectivity index (χ4v) is 2.22. The summed E-state index contributed by atoms with van der Waals surface area (Å²) >= 11 is 17.9. The zero-order valence-corrected chi connectivity index (χ0v) is 12.3. The van der Waals surface area contributed by atoms with Gasteiger partial charge in [0.1, 0.15) is 12.2 Å². The second-order valence-electron chi connectivity index (χ2n) is 3.95. The number of hydrogen-bond donors (Lipinski definition) is 1.